The third kappa shape index (κ3) is 3.23. The Morgan fingerprint density at radius 1 is 1.00 bits per heavy atom. The zero-order chi connectivity index (χ0) is 14.9. The topological polar surface area (TPSA) is 20.2 Å². The van der Waals surface area contributed by atoms with Crippen LogP contribution in [0.3, 0.4) is 0 Å². The number of benzene rings is 2. The Morgan fingerprint density at radius 2 is 1.60 bits per heavy atom. The van der Waals surface area contributed by atoms with Crippen LogP contribution in [-0.2, 0) is 5.41 Å². The quantitative estimate of drug-likeness (QED) is 0.729. The van der Waals surface area contributed by atoms with E-state index >= 15 is 0 Å². The van der Waals surface area contributed by atoms with E-state index in [4.69, 9.17) is 0 Å². The Balaban J connectivity index is 2.34. The molecule has 0 fully saturated rings. The first kappa shape index (κ1) is 15.5. The van der Waals surface area contributed by atoms with Crippen molar-refractivity contribution in [2.24, 2.45) is 0 Å². The summed E-state index contributed by atoms with van der Waals surface area (Å²) in [6.45, 7) is 8.66. The first-order valence-electron chi connectivity index (χ1n) is 6.84. The second-order valence-corrected chi connectivity index (χ2v) is 7.33. The molecule has 0 saturated carbocycles. The van der Waals surface area contributed by atoms with Gasteiger partial charge >= 0.3 is 0 Å². The fourth-order valence-electron chi connectivity index (χ4n) is 2.23. The van der Waals surface area contributed by atoms with Crippen LogP contribution in [-0.4, -0.2) is 5.11 Å². The summed E-state index contributed by atoms with van der Waals surface area (Å²) in [6, 6.07) is 14.4. The van der Waals surface area contributed by atoms with Crippen molar-refractivity contribution in [3.63, 3.8) is 0 Å². The smallest absolute Gasteiger partial charge is 0.105 e. The zero-order valence-electron chi connectivity index (χ0n) is 12.4. The normalized spacial score (nSPS) is 13.3. The molecule has 2 aromatic carbocycles. The molecule has 0 bridgehead atoms. The van der Waals surface area contributed by atoms with Gasteiger partial charge in [0.15, 0.2) is 0 Å². The highest BCUT2D eigenvalue weighted by atomic mass is 127. The van der Waals surface area contributed by atoms with Crippen LogP contribution in [0.4, 0.5) is 0 Å². The summed E-state index contributed by atoms with van der Waals surface area (Å²) in [5, 5.41) is 10.6. The number of hydrogen-bond donors (Lipinski definition) is 1. The summed E-state index contributed by atoms with van der Waals surface area (Å²) in [5.74, 6) is 0. The predicted molar refractivity (Wildman–Crippen MR) is 93.1 cm³/mol. The van der Waals surface area contributed by atoms with Gasteiger partial charge < -0.3 is 5.11 Å². The molecule has 2 aromatic rings. The van der Waals surface area contributed by atoms with E-state index in [0.29, 0.717) is 0 Å². The fraction of sp³-hybridized carbons (Fsp3) is 0.333. The zero-order valence-corrected chi connectivity index (χ0v) is 14.6. The van der Waals surface area contributed by atoms with Gasteiger partial charge in [-0.05, 0) is 57.2 Å². The van der Waals surface area contributed by atoms with Crippen LogP contribution in [0.2, 0.25) is 0 Å². The third-order valence-electron chi connectivity index (χ3n) is 3.61. The van der Waals surface area contributed by atoms with E-state index in [1.807, 2.05) is 24.3 Å². The highest BCUT2D eigenvalue weighted by Crippen LogP contribution is 2.30. The lowest BCUT2D eigenvalue weighted by molar-refractivity contribution is 0.219. The van der Waals surface area contributed by atoms with Crippen molar-refractivity contribution in [2.75, 3.05) is 0 Å². The molecule has 20 heavy (non-hydrogen) atoms. The average Bonchev–Trinajstić information content (AvgIpc) is 2.40. The van der Waals surface area contributed by atoms with Gasteiger partial charge in [-0.1, -0.05) is 63.2 Å². The van der Waals surface area contributed by atoms with E-state index in [1.165, 1.54) is 11.1 Å². The van der Waals surface area contributed by atoms with Crippen molar-refractivity contribution in [1.29, 1.82) is 0 Å². The maximum absolute atomic E-state index is 10.6. The first-order valence-corrected chi connectivity index (χ1v) is 7.92. The van der Waals surface area contributed by atoms with Gasteiger partial charge in [0.25, 0.3) is 0 Å². The molecule has 0 spiro atoms. The lowest BCUT2D eigenvalue weighted by Gasteiger charge is -2.20. The average molecular weight is 380 g/mol. The summed E-state index contributed by atoms with van der Waals surface area (Å²) >= 11 is 2.31. The summed E-state index contributed by atoms with van der Waals surface area (Å²) in [7, 11) is 0. The molecule has 0 radical (unpaired) electrons. The summed E-state index contributed by atoms with van der Waals surface area (Å²) < 4.78 is 1.14. The molecule has 106 valence electrons. The number of halogens is 1. The molecule has 2 rings (SSSR count). The monoisotopic (exact) mass is 380 g/mol. The predicted octanol–water partition coefficient (Wildman–Crippen LogP) is 4.98. The second-order valence-electron chi connectivity index (χ2n) is 6.25. The van der Waals surface area contributed by atoms with E-state index in [1.54, 1.807) is 0 Å². The van der Waals surface area contributed by atoms with Crippen LogP contribution in [0.5, 0.6) is 0 Å². The van der Waals surface area contributed by atoms with Crippen LogP contribution >= 0.6 is 22.6 Å². The van der Waals surface area contributed by atoms with Crippen molar-refractivity contribution in [3.05, 3.63) is 68.3 Å². The fourth-order valence-corrected chi connectivity index (χ4v) is 2.88. The third-order valence-corrected chi connectivity index (χ3v) is 5.08. The van der Waals surface area contributed by atoms with Gasteiger partial charge in [0.1, 0.15) is 6.10 Å². The molecule has 0 heterocycles. The lowest BCUT2D eigenvalue weighted by atomic mass is 9.86. The summed E-state index contributed by atoms with van der Waals surface area (Å²) in [5.41, 5.74) is 4.55. The van der Waals surface area contributed by atoms with Gasteiger partial charge in [-0.15, -0.1) is 0 Å². The molecule has 1 unspecified atom stereocenters. The highest BCUT2D eigenvalue weighted by molar-refractivity contribution is 14.1. The Labute approximate surface area is 135 Å². The molecule has 1 nitrogen and oxygen atoms in total. The van der Waals surface area contributed by atoms with Gasteiger partial charge in [-0.3, -0.25) is 0 Å². The van der Waals surface area contributed by atoms with Gasteiger partial charge in [0, 0.05) is 3.57 Å². The van der Waals surface area contributed by atoms with Crippen molar-refractivity contribution in [2.45, 2.75) is 39.2 Å². The Morgan fingerprint density at radius 3 is 2.15 bits per heavy atom. The summed E-state index contributed by atoms with van der Waals surface area (Å²) in [4.78, 5) is 0. The van der Waals surface area contributed by atoms with Crippen LogP contribution in [0.1, 0.15) is 49.1 Å². The van der Waals surface area contributed by atoms with Crippen molar-refractivity contribution in [3.8, 4) is 0 Å². The Kier molecular flexibility index (Phi) is 4.55. The van der Waals surface area contributed by atoms with Gasteiger partial charge in [0.2, 0.25) is 0 Å². The number of aliphatic hydroxyl groups excluding tert-OH is 1. The van der Waals surface area contributed by atoms with E-state index in [2.05, 4.69) is 68.5 Å². The molecule has 1 N–H and O–H groups in total. The molecule has 0 aliphatic heterocycles. The second kappa shape index (κ2) is 5.86. The molecular weight excluding hydrogens is 359 g/mol. The number of rotatable bonds is 2. The van der Waals surface area contributed by atoms with Gasteiger partial charge in [0.05, 0.1) is 0 Å². The molecule has 0 aromatic heterocycles. The first-order chi connectivity index (χ1) is 9.30. The van der Waals surface area contributed by atoms with Gasteiger partial charge in [-0.2, -0.15) is 0 Å². The molecule has 0 saturated heterocycles. The van der Waals surface area contributed by atoms with Crippen molar-refractivity contribution in [1.82, 2.24) is 0 Å². The Hall–Kier alpha value is -0.870. The van der Waals surface area contributed by atoms with Crippen LogP contribution in [0, 0.1) is 10.5 Å². The standard InChI is InChI=1S/C18H21IO/c1-12-6-5-7-15(16(12)19)17(20)13-8-10-14(11-9-13)18(2,3)4/h5-11,17,20H,1-4H3. The Bertz CT molecular complexity index is 594. The molecule has 0 aliphatic carbocycles. The molecular formula is C18H21IO. The maximum atomic E-state index is 10.6. The number of hydrogen-bond acceptors (Lipinski definition) is 1. The minimum atomic E-state index is -0.559. The number of aliphatic hydroxyl groups is 1. The highest BCUT2D eigenvalue weighted by Gasteiger charge is 2.17. The van der Waals surface area contributed by atoms with Crippen LogP contribution in [0.15, 0.2) is 42.5 Å². The van der Waals surface area contributed by atoms with E-state index in [9.17, 15) is 5.11 Å². The maximum Gasteiger partial charge on any atom is 0.105 e. The minimum Gasteiger partial charge on any atom is -0.384 e. The van der Waals surface area contributed by atoms with Crippen molar-refractivity contribution < 1.29 is 5.11 Å². The molecule has 0 aliphatic rings. The molecule has 2 heteroatoms. The number of aryl methyl sites for hydroxylation is 1. The minimum absolute atomic E-state index is 0.140. The van der Waals surface area contributed by atoms with Crippen LogP contribution < -0.4 is 0 Å². The molecule has 0 amide bonds. The van der Waals surface area contributed by atoms with Crippen molar-refractivity contribution >= 4 is 22.6 Å². The van der Waals surface area contributed by atoms with E-state index < -0.39 is 6.10 Å². The summed E-state index contributed by atoms with van der Waals surface area (Å²) in [6.07, 6.45) is -0.559. The van der Waals surface area contributed by atoms with Crippen LogP contribution in [0.25, 0.3) is 0 Å². The largest absolute Gasteiger partial charge is 0.384 e. The van der Waals surface area contributed by atoms with E-state index in [0.717, 1.165) is 14.7 Å². The SMILES string of the molecule is Cc1cccc(C(O)c2ccc(C(C)(C)C)cc2)c1I. The van der Waals surface area contributed by atoms with E-state index in [-0.39, 0.29) is 5.41 Å². The molecule has 1 atom stereocenters. The lowest BCUT2D eigenvalue weighted by Crippen LogP contribution is -2.11. The van der Waals surface area contributed by atoms with Gasteiger partial charge in [-0.25, -0.2) is 0 Å².